The number of carbonyl (C=O) groups is 1. The van der Waals surface area contributed by atoms with Crippen molar-refractivity contribution in [2.75, 3.05) is 10.6 Å². The summed E-state index contributed by atoms with van der Waals surface area (Å²) in [6.07, 6.45) is 7.65. The van der Waals surface area contributed by atoms with Crippen LogP contribution in [0.15, 0.2) is 84.2 Å². The molecular formula is C28H25N9O2. The molecule has 194 valence electrons. The maximum Gasteiger partial charge on any atom is 0.259 e. The normalized spacial score (nSPS) is 15.8. The van der Waals surface area contributed by atoms with Gasteiger partial charge in [0.15, 0.2) is 17.7 Å². The Morgan fingerprint density at radius 3 is 2.74 bits per heavy atom. The minimum atomic E-state index is -1.07. The number of aromatic amines is 1. The Balaban J connectivity index is 1.40. The number of amidine groups is 1. The van der Waals surface area contributed by atoms with Crippen molar-refractivity contribution in [3.05, 3.63) is 102 Å². The summed E-state index contributed by atoms with van der Waals surface area (Å²) in [6, 6.07) is 18.0. The lowest BCUT2D eigenvalue weighted by molar-refractivity contribution is 0.0950. The lowest BCUT2D eigenvalue weighted by atomic mass is 9.99. The summed E-state index contributed by atoms with van der Waals surface area (Å²) in [5.41, 5.74) is 10.2. The molecular weight excluding hydrogens is 494 g/mol. The molecule has 1 aliphatic heterocycles. The number of fused-ring (bicyclic) bond motifs is 2. The molecule has 6 rings (SSSR count). The molecule has 2 atom stereocenters. The van der Waals surface area contributed by atoms with E-state index in [0.29, 0.717) is 22.7 Å². The molecule has 11 heteroatoms. The van der Waals surface area contributed by atoms with E-state index in [9.17, 15) is 9.90 Å². The van der Waals surface area contributed by atoms with Crippen LogP contribution in [-0.4, -0.2) is 47.7 Å². The molecule has 5 N–H and O–H groups in total. The largest absolute Gasteiger partial charge is 0.381 e. The zero-order valence-electron chi connectivity index (χ0n) is 20.9. The average molecular weight is 520 g/mol. The van der Waals surface area contributed by atoms with E-state index in [2.05, 4.69) is 25.6 Å². The Hall–Kier alpha value is -5.29. The third kappa shape index (κ3) is 4.40. The monoisotopic (exact) mass is 519 g/mol. The molecule has 1 unspecified atom stereocenters. The van der Waals surface area contributed by atoms with E-state index in [0.717, 1.165) is 16.9 Å². The first-order chi connectivity index (χ1) is 19.0. The zero-order valence-corrected chi connectivity index (χ0v) is 20.9. The molecule has 2 aromatic carbocycles. The number of aliphatic imine (C=N–C) groups is 1. The van der Waals surface area contributed by atoms with E-state index >= 15 is 0 Å². The van der Waals surface area contributed by atoms with Gasteiger partial charge in [0.25, 0.3) is 5.91 Å². The van der Waals surface area contributed by atoms with Gasteiger partial charge in [-0.3, -0.25) is 14.8 Å². The molecule has 0 radical (unpaired) electrons. The van der Waals surface area contributed by atoms with Gasteiger partial charge in [-0.15, -0.1) is 5.10 Å². The molecule has 1 amide bonds. The number of hydrogen-bond donors (Lipinski definition) is 4. The number of hydrogen-bond acceptors (Lipinski definition) is 8. The number of nitrogen functional groups attached to an aromatic ring is 1. The van der Waals surface area contributed by atoms with Crippen LogP contribution >= 0.6 is 0 Å². The van der Waals surface area contributed by atoms with E-state index in [1.165, 1.54) is 4.52 Å². The van der Waals surface area contributed by atoms with E-state index < -0.39 is 18.2 Å². The summed E-state index contributed by atoms with van der Waals surface area (Å²) in [5, 5.41) is 25.8. The molecule has 1 aliphatic rings. The first kappa shape index (κ1) is 24.1. The van der Waals surface area contributed by atoms with Gasteiger partial charge in [-0.1, -0.05) is 36.4 Å². The quantitative estimate of drug-likeness (QED) is 0.268. The van der Waals surface area contributed by atoms with Crippen LogP contribution in [0.25, 0.3) is 17.8 Å². The van der Waals surface area contributed by atoms with Gasteiger partial charge in [-0.25, -0.2) is 14.5 Å². The minimum Gasteiger partial charge on any atom is -0.381 e. The van der Waals surface area contributed by atoms with Gasteiger partial charge in [0, 0.05) is 29.8 Å². The first-order valence-corrected chi connectivity index (χ1v) is 12.3. The molecule has 0 bridgehead atoms. The number of aromatic nitrogens is 5. The summed E-state index contributed by atoms with van der Waals surface area (Å²) < 4.78 is 1.46. The number of nitrogens with two attached hydrogens (primary N) is 1. The van der Waals surface area contributed by atoms with Crippen molar-refractivity contribution in [3.63, 3.8) is 0 Å². The number of carbonyl (C=O) groups excluding carboxylic acids is 1. The summed E-state index contributed by atoms with van der Waals surface area (Å²) in [4.78, 5) is 24.3. The number of aliphatic hydroxyl groups is 1. The van der Waals surface area contributed by atoms with E-state index in [-0.39, 0.29) is 11.4 Å². The highest BCUT2D eigenvalue weighted by molar-refractivity contribution is 6.10. The Morgan fingerprint density at radius 1 is 1.10 bits per heavy atom. The highest BCUT2D eigenvalue weighted by atomic mass is 16.3. The van der Waals surface area contributed by atoms with E-state index in [1.54, 1.807) is 29.6 Å². The predicted molar refractivity (Wildman–Crippen MR) is 149 cm³/mol. The van der Waals surface area contributed by atoms with Gasteiger partial charge in [0.2, 0.25) is 0 Å². The molecule has 0 saturated carbocycles. The van der Waals surface area contributed by atoms with Crippen molar-refractivity contribution < 1.29 is 9.90 Å². The van der Waals surface area contributed by atoms with Crippen molar-refractivity contribution >= 4 is 46.7 Å². The minimum absolute atomic E-state index is 0.0722. The second kappa shape index (κ2) is 9.88. The van der Waals surface area contributed by atoms with Gasteiger partial charge < -0.3 is 16.2 Å². The van der Waals surface area contributed by atoms with Crippen molar-refractivity contribution in [3.8, 4) is 0 Å². The molecule has 0 spiro atoms. The van der Waals surface area contributed by atoms with Crippen LogP contribution in [0.3, 0.4) is 0 Å². The van der Waals surface area contributed by atoms with E-state index in [4.69, 9.17) is 10.7 Å². The second-order valence-corrected chi connectivity index (χ2v) is 9.02. The van der Waals surface area contributed by atoms with Crippen LogP contribution in [-0.2, 0) is 0 Å². The van der Waals surface area contributed by atoms with Crippen molar-refractivity contribution in [1.29, 1.82) is 0 Å². The van der Waals surface area contributed by atoms with Crippen molar-refractivity contribution in [2.45, 2.75) is 19.2 Å². The smallest absolute Gasteiger partial charge is 0.259 e. The fourth-order valence-corrected chi connectivity index (χ4v) is 4.69. The Labute approximate surface area is 223 Å². The number of H-pyrrole nitrogens is 1. The number of nitrogens with one attached hydrogen (secondary N) is 2. The van der Waals surface area contributed by atoms with Crippen LogP contribution in [0.1, 0.15) is 40.3 Å². The molecule has 3 aromatic heterocycles. The molecule has 11 nitrogen and oxygen atoms in total. The lowest BCUT2D eigenvalue weighted by Crippen LogP contribution is -2.50. The molecule has 0 fully saturated rings. The fraction of sp³-hybridized carbons (Fsp3) is 0.107. The molecule has 0 saturated heterocycles. The van der Waals surface area contributed by atoms with Crippen LogP contribution < -0.4 is 16.0 Å². The summed E-state index contributed by atoms with van der Waals surface area (Å²) in [7, 11) is 0. The van der Waals surface area contributed by atoms with Gasteiger partial charge in [-0.2, -0.15) is 5.10 Å². The standard InChI is InChI=1S/C28H25N9O2/c1-17(32-27(38)23-24(29)35-36-16-6-14-30-26(23)36)25-33-21-10-5-7-18(11-12-19-13-15-31-34-19)22(21)28(39)37(25)20-8-3-2-4-9-20/h2-17,28,39H,1H3,(H2,29,35)(H,31,34)(H,32,38)/b12-11+/t17-,28?/m0/s1. The zero-order chi connectivity index (χ0) is 26.9. The highest BCUT2D eigenvalue weighted by Crippen LogP contribution is 2.39. The van der Waals surface area contributed by atoms with Gasteiger partial charge in [0.1, 0.15) is 11.4 Å². The number of nitrogens with zero attached hydrogens (tertiary/aromatic N) is 6. The fourth-order valence-electron chi connectivity index (χ4n) is 4.69. The Kier molecular flexibility index (Phi) is 6.10. The lowest BCUT2D eigenvalue weighted by Gasteiger charge is -2.38. The molecule has 0 aliphatic carbocycles. The topological polar surface area (TPSA) is 150 Å². The van der Waals surface area contributed by atoms with Crippen LogP contribution in [0.5, 0.6) is 0 Å². The molecule has 5 aromatic rings. The second-order valence-electron chi connectivity index (χ2n) is 9.02. The Morgan fingerprint density at radius 2 is 1.95 bits per heavy atom. The van der Waals surface area contributed by atoms with Crippen molar-refractivity contribution in [2.24, 2.45) is 4.99 Å². The van der Waals surface area contributed by atoms with Gasteiger partial charge in [-0.05, 0) is 48.9 Å². The summed E-state index contributed by atoms with van der Waals surface area (Å²) in [6.45, 7) is 1.81. The average Bonchev–Trinajstić information content (AvgIpc) is 3.59. The number of anilines is 2. The van der Waals surface area contributed by atoms with Gasteiger partial charge >= 0.3 is 0 Å². The third-order valence-electron chi connectivity index (χ3n) is 6.48. The first-order valence-electron chi connectivity index (χ1n) is 12.3. The van der Waals surface area contributed by atoms with Crippen LogP contribution in [0, 0.1) is 0 Å². The summed E-state index contributed by atoms with van der Waals surface area (Å²) >= 11 is 0. The number of rotatable bonds is 6. The SMILES string of the molecule is C[C@H](NC(=O)c1c(N)nn2cccnc12)C1=Nc2cccc(/C=C/c3ccn[nH]3)c2C(O)N1c1ccccc1. The van der Waals surface area contributed by atoms with Crippen LogP contribution in [0.2, 0.25) is 0 Å². The Bertz CT molecular complexity index is 1710. The van der Waals surface area contributed by atoms with Crippen molar-refractivity contribution in [1.82, 2.24) is 30.1 Å². The van der Waals surface area contributed by atoms with Crippen LogP contribution in [0.4, 0.5) is 17.2 Å². The highest BCUT2D eigenvalue weighted by Gasteiger charge is 2.34. The number of benzene rings is 2. The maximum atomic E-state index is 13.4. The third-order valence-corrected chi connectivity index (χ3v) is 6.48. The molecule has 39 heavy (non-hydrogen) atoms. The number of amides is 1. The summed E-state index contributed by atoms with van der Waals surface area (Å²) in [5.74, 6) is 0.0937. The maximum absolute atomic E-state index is 13.4. The number of para-hydroxylation sites is 1. The van der Waals surface area contributed by atoms with Gasteiger partial charge in [0.05, 0.1) is 17.4 Å². The molecule has 4 heterocycles. The number of aliphatic hydroxyl groups excluding tert-OH is 1. The van der Waals surface area contributed by atoms with E-state index in [1.807, 2.05) is 73.7 Å². The predicted octanol–water partition coefficient (Wildman–Crippen LogP) is 3.56.